The number of hydrogen-bond donors (Lipinski definition) is 6. The van der Waals surface area contributed by atoms with Gasteiger partial charge in [0, 0.05) is 37.3 Å². The molecule has 1 unspecified atom stereocenters. The lowest BCUT2D eigenvalue weighted by molar-refractivity contribution is -0.142. The van der Waals surface area contributed by atoms with Gasteiger partial charge in [-0.3, -0.25) is 28.9 Å². The molecular formula is C37H51N7O9. The van der Waals surface area contributed by atoms with E-state index in [1.807, 2.05) is 0 Å². The molecule has 16 heteroatoms. The van der Waals surface area contributed by atoms with Crippen molar-refractivity contribution in [2.75, 3.05) is 24.1 Å². The number of unbranched alkanes of at least 4 members (excludes halogenated alkanes) is 2. The molecule has 0 aromatic heterocycles. The number of nitrogen functional groups attached to an aromatic ring is 1. The number of primary amides is 1. The monoisotopic (exact) mass is 737 g/mol. The number of carbonyl (C=O) groups is 7. The predicted molar refractivity (Wildman–Crippen MR) is 198 cm³/mol. The third kappa shape index (κ3) is 16.3. The van der Waals surface area contributed by atoms with Crippen molar-refractivity contribution in [1.29, 1.82) is 0 Å². The fourth-order valence-corrected chi connectivity index (χ4v) is 4.94. The second-order valence-electron chi connectivity index (χ2n) is 12.4. The van der Waals surface area contributed by atoms with Crippen LogP contribution in [0.25, 0.3) is 0 Å². The minimum Gasteiger partial charge on any atom is -0.429 e. The zero-order chi connectivity index (χ0) is 39.3. The molecule has 0 aliphatic rings. The molecule has 0 aliphatic carbocycles. The third-order valence-electron chi connectivity index (χ3n) is 7.86. The van der Waals surface area contributed by atoms with E-state index in [1.54, 1.807) is 57.2 Å². The second-order valence-corrected chi connectivity index (χ2v) is 12.4. The maximum Gasteiger partial charge on any atom is 0.514 e. The van der Waals surface area contributed by atoms with Crippen molar-refractivity contribution in [2.24, 2.45) is 11.7 Å². The van der Waals surface area contributed by atoms with Crippen molar-refractivity contribution in [3.8, 4) is 5.75 Å². The van der Waals surface area contributed by atoms with E-state index < -0.39 is 42.0 Å². The highest BCUT2D eigenvalue weighted by Crippen LogP contribution is 2.16. The lowest BCUT2D eigenvalue weighted by Gasteiger charge is -2.25. The molecule has 0 fully saturated rings. The molecule has 2 aromatic rings. The van der Waals surface area contributed by atoms with E-state index in [1.165, 1.54) is 12.1 Å². The van der Waals surface area contributed by atoms with Crippen LogP contribution in [0.2, 0.25) is 0 Å². The van der Waals surface area contributed by atoms with E-state index in [0.717, 1.165) is 11.0 Å². The SMILES string of the molecule is C=CC(=O)N(CCCCCC(=O)NC(C(=O)N[C@H](CCCNC(N)=O)C(=O)Nc1ccc(COC(=O)Oc2ccc(N)cc2)cc1)C(C)C)C(=O)CC. The van der Waals surface area contributed by atoms with E-state index in [0.29, 0.717) is 42.6 Å². The molecule has 8 N–H and O–H groups in total. The van der Waals surface area contributed by atoms with Crippen molar-refractivity contribution in [3.63, 3.8) is 0 Å². The van der Waals surface area contributed by atoms with Gasteiger partial charge in [-0.05, 0) is 79.6 Å². The Bertz CT molecular complexity index is 1560. The van der Waals surface area contributed by atoms with Gasteiger partial charge < -0.3 is 42.2 Å². The van der Waals surface area contributed by atoms with Crippen LogP contribution in [0.1, 0.15) is 71.3 Å². The summed E-state index contributed by atoms with van der Waals surface area (Å²) in [4.78, 5) is 88.0. The van der Waals surface area contributed by atoms with E-state index >= 15 is 0 Å². The molecular weight excluding hydrogens is 686 g/mol. The van der Waals surface area contributed by atoms with Crippen molar-refractivity contribution in [3.05, 3.63) is 66.7 Å². The normalized spacial score (nSPS) is 11.7. The van der Waals surface area contributed by atoms with Crippen LogP contribution < -0.4 is 37.5 Å². The molecule has 2 atom stereocenters. The highest BCUT2D eigenvalue weighted by atomic mass is 16.7. The van der Waals surface area contributed by atoms with Crippen LogP contribution in [0.3, 0.4) is 0 Å². The predicted octanol–water partition coefficient (Wildman–Crippen LogP) is 3.51. The Morgan fingerprint density at radius 3 is 2.17 bits per heavy atom. The largest absolute Gasteiger partial charge is 0.514 e. The number of urea groups is 1. The van der Waals surface area contributed by atoms with Crippen LogP contribution >= 0.6 is 0 Å². The van der Waals surface area contributed by atoms with Crippen molar-refractivity contribution < 1.29 is 43.0 Å². The summed E-state index contributed by atoms with van der Waals surface area (Å²) in [5.41, 5.74) is 12.3. The average Bonchev–Trinajstić information content (AvgIpc) is 3.13. The van der Waals surface area contributed by atoms with Gasteiger partial charge in [-0.15, -0.1) is 0 Å². The minimum atomic E-state index is -1.03. The minimum absolute atomic E-state index is 0.0921. The number of imide groups is 1. The molecule has 0 saturated heterocycles. The Kier molecular flexibility index (Phi) is 18.6. The molecule has 16 nitrogen and oxygen atoms in total. The third-order valence-corrected chi connectivity index (χ3v) is 7.86. The number of amides is 7. The molecule has 2 aromatic carbocycles. The highest BCUT2D eigenvalue weighted by Gasteiger charge is 2.29. The van der Waals surface area contributed by atoms with Crippen LogP contribution in [0.15, 0.2) is 61.2 Å². The summed E-state index contributed by atoms with van der Waals surface area (Å²) >= 11 is 0. The molecule has 53 heavy (non-hydrogen) atoms. The quantitative estimate of drug-likeness (QED) is 0.0358. The van der Waals surface area contributed by atoms with Gasteiger partial charge in [0.15, 0.2) is 0 Å². The molecule has 2 rings (SSSR count). The van der Waals surface area contributed by atoms with Crippen LogP contribution in [0, 0.1) is 5.92 Å². The van der Waals surface area contributed by atoms with Gasteiger partial charge in [-0.1, -0.05) is 45.9 Å². The Morgan fingerprint density at radius 2 is 1.57 bits per heavy atom. The number of carbonyl (C=O) groups excluding carboxylic acids is 7. The number of nitrogens with zero attached hydrogens (tertiary/aromatic N) is 1. The van der Waals surface area contributed by atoms with E-state index in [9.17, 15) is 33.6 Å². The topological polar surface area (TPSA) is 241 Å². The smallest absolute Gasteiger partial charge is 0.429 e. The van der Waals surface area contributed by atoms with Crippen LogP contribution in [0.5, 0.6) is 5.75 Å². The van der Waals surface area contributed by atoms with E-state index in [2.05, 4.69) is 27.8 Å². The molecule has 0 heterocycles. The molecule has 288 valence electrons. The Hall–Kier alpha value is -5.93. The summed E-state index contributed by atoms with van der Waals surface area (Å²) in [6.45, 7) is 8.90. The van der Waals surface area contributed by atoms with Crippen LogP contribution in [-0.4, -0.2) is 71.8 Å². The zero-order valence-corrected chi connectivity index (χ0v) is 30.5. The maximum atomic E-state index is 13.4. The standard InChI is InChI=1S/C37H51N7O9/c1-5-31(46)44(32(47)6-2)22-9-7-8-12-30(45)43-33(24(3)4)35(49)42-29(11-10-21-40-36(39)50)34(48)41-27-17-13-25(14-18-27)23-52-37(51)53-28-19-15-26(38)16-20-28/h5,13-20,24,29,33H,1,6-12,21-23,38H2,2-4H3,(H,41,48)(H,42,49)(H,43,45)(H3,39,40,50)/t29-,33?/m1/s1. The van der Waals surface area contributed by atoms with Gasteiger partial charge in [-0.2, -0.15) is 0 Å². The molecule has 0 spiro atoms. The van der Waals surface area contributed by atoms with Gasteiger partial charge >= 0.3 is 12.2 Å². The van der Waals surface area contributed by atoms with Crippen molar-refractivity contribution >= 4 is 53.1 Å². The maximum absolute atomic E-state index is 13.4. The van der Waals surface area contributed by atoms with Gasteiger partial charge in [0.1, 0.15) is 24.4 Å². The number of hydrogen-bond acceptors (Lipinski definition) is 10. The van der Waals surface area contributed by atoms with Gasteiger partial charge in [0.2, 0.25) is 23.6 Å². The van der Waals surface area contributed by atoms with Crippen LogP contribution in [-0.2, 0) is 35.3 Å². The fourth-order valence-electron chi connectivity index (χ4n) is 4.94. The molecule has 0 saturated carbocycles. The Balaban J connectivity index is 1.96. The second kappa shape index (κ2) is 22.8. The zero-order valence-electron chi connectivity index (χ0n) is 30.5. The first-order valence-corrected chi connectivity index (χ1v) is 17.4. The van der Waals surface area contributed by atoms with Gasteiger partial charge in [0.25, 0.3) is 5.91 Å². The fraction of sp³-hybridized carbons (Fsp3) is 0.432. The lowest BCUT2D eigenvalue weighted by atomic mass is 10.0. The number of anilines is 2. The van der Waals surface area contributed by atoms with Crippen molar-refractivity contribution in [1.82, 2.24) is 20.9 Å². The molecule has 0 radical (unpaired) electrons. The summed E-state index contributed by atoms with van der Waals surface area (Å²) in [5, 5.41) is 10.7. The summed E-state index contributed by atoms with van der Waals surface area (Å²) in [5.74, 6) is -2.28. The number of rotatable bonds is 21. The highest BCUT2D eigenvalue weighted by molar-refractivity contribution is 6.00. The molecule has 0 aliphatic heterocycles. The average molecular weight is 738 g/mol. The summed E-state index contributed by atoms with van der Waals surface area (Å²) < 4.78 is 10.2. The summed E-state index contributed by atoms with van der Waals surface area (Å²) in [6.07, 6.45) is 2.47. The number of ether oxygens (including phenoxy) is 2. The van der Waals surface area contributed by atoms with E-state index in [4.69, 9.17) is 20.9 Å². The Labute approximate surface area is 309 Å². The van der Waals surface area contributed by atoms with Gasteiger partial charge in [0.05, 0.1) is 0 Å². The van der Waals surface area contributed by atoms with E-state index in [-0.39, 0.29) is 62.4 Å². The molecule has 7 amide bonds. The lowest BCUT2D eigenvalue weighted by Crippen LogP contribution is -2.54. The number of nitrogens with two attached hydrogens (primary N) is 2. The first-order chi connectivity index (χ1) is 25.2. The van der Waals surface area contributed by atoms with Gasteiger partial charge in [-0.25, -0.2) is 9.59 Å². The van der Waals surface area contributed by atoms with Crippen molar-refractivity contribution in [2.45, 2.75) is 84.4 Å². The number of nitrogens with one attached hydrogen (secondary N) is 4. The number of benzene rings is 2. The molecule has 0 bridgehead atoms. The first-order valence-electron chi connectivity index (χ1n) is 17.4. The summed E-state index contributed by atoms with van der Waals surface area (Å²) in [6, 6.07) is 10.0. The van der Waals surface area contributed by atoms with Crippen LogP contribution in [0.4, 0.5) is 21.0 Å². The summed E-state index contributed by atoms with van der Waals surface area (Å²) in [7, 11) is 0. The Morgan fingerprint density at radius 1 is 0.887 bits per heavy atom. The first kappa shape index (κ1) is 43.2.